The highest BCUT2D eigenvalue weighted by molar-refractivity contribution is 8.00. The van der Waals surface area contributed by atoms with E-state index in [9.17, 15) is 9.59 Å². The molecule has 0 aromatic rings. The maximum absolute atomic E-state index is 12.4. The summed E-state index contributed by atoms with van der Waals surface area (Å²) in [6, 6.07) is -0.0139. The van der Waals surface area contributed by atoms with Gasteiger partial charge in [-0.15, -0.1) is 11.8 Å². The van der Waals surface area contributed by atoms with Crippen molar-refractivity contribution in [2.45, 2.75) is 57.6 Å². The maximum Gasteiger partial charge on any atom is 0.241 e. The Bertz CT molecular complexity index is 357. The van der Waals surface area contributed by atoms with Crippen LogP contribution in [-0.4, -0.2) is 45.8 Å². The van der Waals surface area contributed by atoms with Crippen LogP contribution in [0.15, 0.2) is 0 Å². The first-order chi connectivity index (χ1) is 8.41. The molecule has 1 unspecified atom stereocenters. The largest absolute Gasteiger partial charge is 0.318 e. The van der Waals surface area contributed by atoms with Crippen LogP contribution in [0.25, 0.3) is 0 Å². The Morgan fingerprint density at radius 1 is 1.39 bits per heavy atom. The van der Waals surface area contributed by atoms with E-state index in [2.05, 4.69) is 5.32 Å². The number of carbonyl (C=O) groups is 2. The molecule has 18 heavy (non-hydrogen) atoms. The van der Waals surface area contributed by atoms with Crippen molar-refractivity contribution in [3.05, 3.63) is 0 Å². The molecule has 3 atom stereocenters. The Morgan fingerprint density at radius 2 is 2.06 bits per heavy atom. The molecular formula is C13H22N2O2S. The number of Topliss-reactive ketones (excluding diaryl/α,β-unsaturated/α-hetero) is 1. The molecule has 0 radical (unpaired) electrons. The minimum atomic E-state index is -0.202. The molecule has 0 aromatic carbocycles. The van der Waals surface area contributed by atoms with Crippen LogP contribution >= 0.6 is 11.8 Å². The fraction of sp³-hybridized carbons (Fsp3) is 0.846. The molecule has 102 valence electrons. The van der Waals surface area contributed by atoms with Gasteiger partial charge in [-0.3, -0.25) is 9.59 Å². The molecule has 2 saturated heterocycles. The monoisotopic (exact) mass is 270 g/mol. The molecule has 0 spiro atoms. The summed E-state index contributed by atoms with van der Waals surface area (Å²) in [5.41, 5.74) is 0. The number of nitrogens with one attached hydrogen (secondary N) is 1. The number of thioether (sulfide) groups is 1. The van der Waals surface area contributed by atoms with E-state index < -0.39 is 0 Å². The first-order valence-electron chi connectivity index (χ1n) is 6.65. The molecule has 0 aliphatic carbocycles. The predicted octanol–water partition coefficient (Wildman–Crippen LogP) is 1.25. The lowest BCUT2D eigenvalue weighted by molar-refractivity contribution is -0.137. The average Bonchev–Trinajstić information content (AvgIpc) is 2.79. The van der Waals surface area contributed by atoms with Gasteiger partial charge in [0.2, 0.25) is 5.91 Å². The molecule has 2 rings (SSSR count). The zero-order valence-corrected chi connectivity index (χ0v) is 12.3. The third kappa shape index (κ3) is 2.43. The highest BCUT2D eigenvalue weighted by atomic mass is 32.2. The number of ketones is 1. The van der Waals surface area contributed by atoms with Gasteiger partial charge in [-0.1, -0.05) is 27.7 Å². The van der Waals surface area contributed by atoms with E-state index in [4.69, 9.17) is 0 Å². The molecular weight excluding hydrogens is 248 g/mol. The fourth-order valence-corrected chi connectivity index (χ4v) is 4.14. The molecule has 0 bridgehead atoms. The highest BCUT2D eigenvalue weighted by Gasteiger charge is 2.49. The first kappa shape index (κ1) is 13.9. The lowest BCUT2D eigenvalue weighted by Crippen LogP contribution is -2.47. The van der Waals surface area contributed by atoms with Crippen LogP contribution in [-0.2, 0) is 9.59 Å². The van der Waals surface area contributed by atoms with E-state index in [1.54, 1.807) is 11.8 Å². The molecule has 2 aliphatic rings. The number of carbonyl (C=O) groups excluding carboxylic acids is 2. The number of hydrogen-bond donors (Lipinski definition) is 1. The number of amides is 1. The van der Waals surface area contributed by atoms with Crippen LogP contribution in [0, 0.1) is 5.92 Å². The number of hydrogen-bond acceptors (Lipinski definition) is 4. The molecule has 1 amide bonds. The highest BCUT2D eigenvalue weighted by Crippen LogP contribution is 2.38. The fourth-order valence-electron chi connectivity index (χ4n) is 2.67. The van der Waals surface area contributed by atoms with Gasteiger partial charge in [0, 0.05) is 24.1 Å². The Labute approximate surface area is 113 Å². The average molecular weight is 270 g/mol. The van der Waals surface area contributed by atoms with E-state index in [0.717, 1.165) is 12.2 Å². The summed E-state index contributed by atoms with van der Waals surface area (Å²) in [6.45, 7) is 7.90. The molecule has 1 N–H and O–H groups in total. The van der Waals surface area contributed by atoms with Gasteiger partial charge < -0.3 is 10.2 Å². The third-order valence-electron chi connectivity index (χ3n) is 3.51. The summed E-state index contributed by atoms with van der Waals surface area (Å²) >= 11 is 1.75. The van der Waals surface area contributed by atoms with E-state index >= 15 is 0 Å². The van der Waals surface area contributed by atoms with E-state index in [1.807, 2.05) is 32.6 Å². The molecule has 0 aromatic heterocycles. The van der Waals surface area contributed by atoms with Gasteiger partial charge in [0.1, 0.15) is 6.04 Å². The summed E-state index contributed by atoms with van der Waals surface area (Å²) in [4.78, 5) is 26.3. The zero-order chi connectivity index (χ0) is 13.4. The van der Waals surface area contributed by atoms with Crippen molar-refractivity contribution < 1.29 is 9.59 Å². The summed E-state index contributed by atoms with van der Waals surface area (Å²) < 4.78 is 0. The van der Waals surface area contributed by atoms with Gasteiger partial charge in [-0.2, -0.15) is 0 Å². The topological polar surface area (TPSA) is 49.4 Å². The van der Waals surface area contributed by atoms with Crippen LogP contribution < -0.4 is 5.32 Å². The Balaban J connectivity index is 2.09. The van der Waals surface area contributed by atoms with Crippen LogP contribution in [0.5, 0.6) is 0 Å². The van der Waals surface area contributed by atoms with E-state index in [1.165, 1.54) is 0 Å². The lowest BCUT2D eigenvalue weighted by atomic mass is 10.0. The quantitative estimate of drug-likeness (QED) is 0.835. The Morgan fingerprint density at radius 3 is 2.61 bits per heavy atom. The van der Waals surface area contributed by atoms with Crippen molar-refractivity contribution in [1.29, 1.82) is 0 Å². The second-order valence-electron chi connectivity index (χ2n) is 5.72. The Hall–Kier alpha value is -0.550. The van der Waals surface area contributed by atoms with Crippen molar-refractivity contribution in [1.82, 2.24) is 10.2 Å². The number of fused-ring (bicyclic) bond motifs is 1. The van der Waals surface area contributed by atoms with Crippen molar-refractivity contribution in [3.8, 4) is 0 Å². The molecule has 2 fully saturated rings. The minimum Gasteiger partial charge on any atom is -0.318 e. The van der Waals surface area contributed by atoms with Crippen molar-refractivity contribution >= 4 is 23.5 Å². The van der Waals surface area contributed by atoms with Gasteiger partial charge in [0.05, 0.1) is 11.4 Å². The van der Waals surface area contributed by atoms with Gasteiger partial charge >= 0.3 is 0 Å². The van der Waals surface area contributed by atoms with E-state index in [0.29, 0.717) is 6.04 Å². The first-order valence-corrected chi connectivity index (χ1v) is 7.70. The minimum absolute atomic E-state index is 0.000687. The van der Waals surface area contributed by atoms with Crippen molar-refractivity contribution in [3.63, 3.8) is 0 Å². The summed E-state index contributed by atoms with van der Waals surface area (Å²) in [6.07, 6.45) is 0.823. The smallest absolute Gasteiger partial charge is 0.241 e. The van der Waals surface area contributed by atoms with Crippen molar-refractivity contribution in [2.75, 3.05) is 5.75 Å². The SMILES string of the molecule is CC(C)N[C@@H]1CC2SC[C@H](C(=O)C(C)C)N2C1=O. The summed E-state index contributed by atoms with van der Waals surface area (Å²) in [5.74, 6) is 1.07. The molecule has 2 aliphatic heterocycles. The molecule has 5 heteroatoms. The van der Waals surface area contributed by atoms with Gasteiger partial charge in [-0.05, 0) is 0 Å². The third-order valence-corrected chi connectivity index (χ3v) is 4.83. The van der Waals surface area contributed by atoms with Crippen molar-refractivity contribution in [2.24, 2.45) is 5.92 Å². The van der Waals surface area contributed by atoms with Crippen LogP contribution in [0.2, 0.25) is 0 Å². The molecule has 2 heterocycles. The van der Waals surface area contributed by atoms with Crippen LogP contribution in [0.1, 0.15) is 34.1 Å². The number of rotatable bonds is 4. The summed E-state index contributed by atoms with van der Waals surface area (Å²) in [5, 5.41) is 3.49. The normalized spacial score (nSPS) is 31.6. The van der Waals surface area contributed by atoms with Gasteiger partial charge in [0.25, 0.3) is 0 Å². The molecule has 0 saturated carbocycles. The predicted molar refractivity (Wildman–Crippen MR) is 73.4 cm³/mol. The maximum atomic E-state index is 12.4. The second-order valence-corrected chi connectivity index (χ2v) is 6.93. The van der Waals surface area contributed by atoms with Crippen LogP contribution in [0.4, 0.5) is 0 Å². The van der Waals surface area contributed by atoms with E-state index in [-0.39, 0.29) is 35.1 Å². The van der Waals surface area contributed by atoms with Crippen LogP contribution in [0.3, 0.4) is 0 Å². The summed E-state index contributed by atoms with van der Waals surface area (Å²) in [7, 11) is 0. The second kappa shape index (κ2) is 5.21. The standard InChI is InChI=1S/C13H22N2O2S/c1-7(2)12(16)10-6-18-11-5-9(14-8(3)4)13(17)15(10)11/h7-11,14H,5-6H2,1-4H3/t9-,10-,11?/m1/s1. The van der Waals surface area contributed by atoms with Gasteiger partial charge in [-0.25, -0.2) is 0 Å². The van der Waals surface area contributed by atoms with Gasteiger partial charge in [0.15, 0.2) is 5.78 Å². The zero-order valence-electron chi connectivity index (χ0n) is 11.5. The number of nitrogens with zero attached hydrogens (tertiary/aromatic N) is 1. The Kier molecular flexibility index (Phi) is 4.02. The molecule has 4 nitrogen and oxygen atoms in total. The lowest BCUT2D eigenvalue weighted by Gasteiger charge is -2.24.